The second kappa shape index (κ2) is 7.82. The van der Waals surface area contributed by atoms with Gasteiger partial charge in [-0.25, -0.2) is 0 Å². The van der Waals surface area contributed by atoms with Gasteiger partial charge in [-0.2, -0.15) is 0 Å². The lowest BCUT2D eigenvalue weighted by molar-refractivity contribution is -0.121. The minimum atomic E-state index is -0.0950. The first-order valence-corrected chi connectivity index (χ1v) is 9.29. The summed E-state index contributed by atoms with van der Waals surface area (Å²) in [5.74, 6) is 0.898. The third kappa shape index (κ3) is 4.30. The van der Waals surface area contributed by atoms with Gasteiger partial charge in [0.2, 0.25) is 0 Å². The largest absolute Gasteiger partial charge is 0.482 e. The molecule has 1 heterocycles. The molecule has 0 unspecified atom stereocenters. The number of hydrogen-bond donors (Lipinski definition) is 1. The molecule has 142 valence electrons. The number of nitrogens with one attached hydrogen (secondary N) is 1. The van der Waals surface area contributed by atoms with Crippen molar-refractivity contribution in [2.24, 2.45) is 5.92 Å². The molecule has 2 aromatic rings. The molecule has 0 saturated heterocycles. The van der Waals surface area contributed by atoms with Crippen LogP contribution in [0.2, 0.25) is 0 Å². The number of fused-ring (bicyclic) bond motifs is 1. The molecule has 0 fully saturated rings. The molecule has 0 bridgehead atoms. The number of carbonyl (C=O) groups is 2. The number of nitrogens with zero attached hydrogens (tertiary/aromatic N) is 1. The van der Waals surface area contributed by atoms with E-state index in [4.69, 9.17) is 4.74 Å². The molecule has 0 aliphatic carbocycles. The Kier molecular flexibility index (Phi) is 5.49. The fourth-order valence-electron chi connectivity index (χ4n) is 2.94. The molecule has 1 atom stereocenters. The van der Waals surface area contributed by atoms with Gasteiger partial charge in [-0.3, -0.25) is 9.59 Å². The fourth-order valence-corrected chi connectivity index (χ4v) is 2.94. The highest BCUT2D eigenvalue weighted by molar-refractivity contribution is 5.98. The minimum Gasteiger partial charge on any atom is -0.482 e. The number of aryl methyl sites for hydroxylation is 1. The van der Waals surface area contributed by atoms with E-state index in [1.807, 2.05) is 50.2 Å². The minimum absolute atomic E-state index is 0.0303. The summed E-state index contributed by atoms with van der Waals surface area (Å²) in [6, 6.07) is 13.3. The van der Waals surface area contributed by atoms with Gasteiger partial charge in [-0.15, -0.1) is 0 Å². The van der Waals surface area contributed by atoms with Gasteiger partial charge < -0.3 is 15.0 Å². The van der Waals surface area contributed by atoms with E-state index in [1.54, 1.807) is 11.0 Å². The van der Waals surface area contributed by atoms with Crippen molar-refractivity contribution in [3.05, 3.63) is 59.2 Å². The van der Waals surface area contributed by atoms with Crippen molar-refractivity contribution in [1.82, 2.24) is 5.32 Å². The molecule has 0 aromatic heterocycles. The third-order valence-electron chi connectivity index (χ3n) is 4.95. The molecule has 1 aliphatic rings. The maximum Gasteiger partial charge on any atom is 0.265 e. The first-order valence-electron chi connectivity index (χ1n) is 9.29. The molecular formula is C22H26N2O3. The van der Waals surface area contributed by atoms with Crippen molar-refractivity contribution < 1.29 is 14.3 Å². The quantitative estimate of drug-likeness (QED) is 0.878. The summed E-state index contributed by atoms with van der Waals surface area (Å²) < 4.78 is 5.56. The molecule has 0 radical (unpaired) electrons. The zero-order valence-electron chi connectivity index (χ0n) is 16.3. The Morgan fingerprint density at radius 1 is 1.19 bits per heavy atom. The van der Waals surface area contributed by atoms with E-state index in [1.165, 1.54) is 0 Å². The van der Waals surface area contributed by atoms with Crippen LogP contribution < -0.4 is 15.0 Å². The molecule has 0 spiro atoms. The summed E-state index contributed by atoms with van der Waals surface area (Å²) in [4.78, 5) is 26.6. The lowest BCUT2D eigenvalue weighted by atomic mass is 10.0. The van der Waals surface area contributed by atoms with Crippen molar-refractivity contribution in [2.45, 2.75) is 40.3 Å². The Bertz CT molecular complexity index is 860. The average molecular weight is 366 g/mol. The molecule has 5 heteroatoms. The van der Waals surface area contributed by atoms with E-state index < -0.39 is 0 Å². The van der Waals surface area contributed by atoms with Gasteiger partial charge in [0.05, 0.1) is 12.2 Å². The monoisotopic (exact) mass is 366 g/mol. The van der Waals surface area contributed by atoms with E-state index in [0.717, 1.165) is 16.8 Å². The van der Waals surface area contributed by atoms with Gasteiger partial charge in [0.25, 0.3) is 11.8 Å². The Morgan fingerprint density at radius 2 is 1.96 bits per heavy atom. The zero-order chi connectivity index (χ0) is 19.6. The third-order valence-corrected chi connectivity index (χ3v) is 4.95. The van der Waals surface area contributed by atoms with Crippen LogP contribution in [0.5, 0.6) is 5.75 Å². The van der Waals surface area contributed by atoms with Crippen LogP contribution in [0.3, 0.4) is 0 Å². The predicted octanol–water partition coefficient (Wildman–Crippen LogP) is 3.69. The van der Waals surface area contributed by atoms with Gasteiger partial charge in [-0.1, -0.05) is 32.0 Å². The molecule has 1 aliphatic heterocycles. The van der Waals surface area contributed by atoms with Crippen LogP contribution in [-0.4, -0.2) is 24.5 Å². The highest BCUT2D eigenvalue weighted by atomic mass is 16.5. The molecule has 2 aromatic carbocycles. The van der Waals surface area contributed by atoms with E-state index in [9.17, 15) is 9.59 Å². The van der Waals surface area contributed by atoms with Crippen LogP contribution in [0.1, 0.15) is 42.3 Å². The predicted molar refractivity (Wildman–Crippen MR) is 106 cm³/mol. The van der Waals surface area contributed by atoms with Gasteiger partial charge in [-0.05, 0) is 55.2 Å². The Hall–Kier alpha value is -2.82. The Morgan fingerprint density at radius 3 is 2.70 bits per heavy atom. The zero-order valence-corrected chi connectivity index (χ0v) is 16.3. The molecule has 0 saturated carbocycles. The van der Waals surface area contributed by atoms with Crippen molar-refractivity contribution in [3.8, 4) is 5.75 Å². The van der Waals surface area contributed by atoms with Crippen LogP contribution in [-0.2, 0) is 11.3 Å². The summed E-state index contributed by atoms with van der Waals surface area (Å²) >= 11 is 0. The van der Waals surface area contributed by atoms with Crippen LogP contribution >= 0.6 is 0 Å². The van der Waals surface area contributed by atoms with Gasteiger partial charge >= 0.3 is 0 Å². The van der Waals surface area contributed by atoms with Crippen molar-refractivity contribution in [1.29, 1.82) is 0 Å². The number of hydrogen-bond acceptors (Lipinski definition) is 3. The topological polar surface area (TPSA) is 58.6 Å². The number of amides is 2. The van der Waals surface area contributed by atoms with Gasteiger partial charge in [0, 0.05) is 11.6 Å². The lowest BCUT2D eigenvalue weighted by Gasteiger charge is -2.29. The maximum atomic E-state index is 12.5. The van der Waals surface area contributed by atoms with Crippen molar-refractivity contribution >= 4 is 17.5 Å². The summed E-state index contributed by atoms with van der Waals surface area (Å²) in [5.41, 5.74) is 3.35. The Labute approximate surface area is 160 Å². The number of carbonyl (C=O) groups excluding carboxylic acids is 2. The highest BCUT2D eigenvalue weighted by Crippen LogP contribution is 2.33. The van der Waals surface area contributed by atoms with Crippen molar-refractivity contribution in [2.75, 3.05) is 11.5 Å². The Balaban J connectivity index is 1.81. The number of ether oxygens (including phenoxy) is 1. The maximum absolute atomic E-state index is 12.5. The number of anilines is 1. The van der Waals surface area contributed by atoms with E-state index in [-0.39, 0.29) is 24.5 Å². The van der Waals surface area contributed by atoms with E-state index in [2.05, 4.69) is 19.2 Å². The van der Waals surface area contributed by atoms with Crippen molar-refractivity contribution in [3.63, 3.8) is 0 Å². The molecule has 27 heavy (non-hydrogen) atoms. The van der Waals surface area contributed by atoms with Crippen LogP contribution in [0.4, 0.5) is 5.69 Å². The standard InChI is InChI=1S/C22H26N2O3/c1-14(2)16(4)23-22(26)18-7-5-6-17(11-18)12-24-19-9-8-15(3)10-20(19)27-13-21(24)25/h5-11,14,16H,12-13H2,1-4H3,(H,23,26)/t16-/m0/s1. The average Bonchev–Trinajstić information content (AvgIpc) is 2.64. The molecule has 5 nitrogen and oxygen atoms in total. The molecule has 1 N–H and O–H groups in total. The highest BCUT2D eigenvalue weighted by Gasteiger charge is 2.25. The number of rotatable bonds is 5. The lowest BCUT2D eigenvalue weighted by Crippen LogP contribution is -2.38. The molecular weight excluding hydrogens is 340 g/mol. The van der Waals surface area contributed by atoms with Gasteiger partial charge in [0.1, 0.15) is 5.75 Å². The van der Waals surface area contributed by atoms with Crippen LogP contribution in [0.15, 0.2) is 42.5 Å². The normalized spacial score (nSPS) is 14.6. The van der Waals surface area contributed by atoms with E-state index >= 15 is 0 Å². The smallest absolute Gasteiger partial charge is 0.265 e. The first-order chi connectivity index (χ1) is 12.8. The summed E-state index contributed by atoms with van der Waals surface area (Å²) in [7, 11) is 0. The van der Waals surface area contributed by atoms with E-state index in [0.29, 0.717) is 23.8 Å². The summed E-state index contributed by atoms with van der Waals surface area (Å²) in [6.45, 7) is 8.57. The first kappa shape index (κ1) is 19.0. The summed E-state index contributed by atoms with van der Waals surface area (Å²) in [6.07, 6.45) is 0. The molecule has 2 amide bonds. The van der Waals surface area contributed by atoms with Crippen LogP contribution in [0.25, 0.3) is 0 Å². The second-order valence-corrected chi connectivity index (χ2v) is 7.45. The molecule has 3 rings (SSSR count). The fraction of sp³-hybridized carbons (Fsp3) is 0.364. The number of benzene rings is 2. The van der Waals surface area contributed by atoms with Crippen LogP contribution in [0, 0.1) is 12.8 Å². The van der Waals surface area contributed by atoms with Gasteiger partial charge in [0.15, 0.2) is 6.61 Å². The SMILES string of the molecule is Cc1ccc2c(c1)OCC(=O)N2Cc1cccc(C(=O)N[C@@H](C)C(C)C)c1. The summed E-state index contributed by atoms with van der Waals surface area (Å²) in [5, 5.41) is 3.02. The second-order valence-electron chi connectivity index (χ2n) is 7.45.